The van der Waals surface area contributed by atoms with Crippen LogP contribution in [0.4, 0.5) is 17.2 Å². The summed E-state index contributed by atoms with van der Waals surface area (Å²) in [7, 11) is 0. The van der Waals surface area contributed by atoms with Gasteiger partial charge < -0.3 is 11.5 Å². The van der Waals surface area contributed by atoms with Gasteiger partial charge in [-0.1, -0.05) is 54.6 Å². The number of carbonyl (C=O) groups excluding carboxylic acids is 3. The van der Waals surface area contributed by atoms with Crippen LogP contribution in [0.1, 0.15) is 17.3 Å². The van der Waals surface area contributed by atoms with Crippen molar-refractivity contribution in [2.75, 3.05) is 17.2 Å². The summed E-state index contributed by atoms with van der Waals surface area (Å²) in [5.74, 6) is -1.53. The standard InChI is InChI=1S/C31H27N5O3/c1-20(35(28(37)19-32)31(39)24-12-11-22-15-16-34-29(33)27(22)18-24)30(38)36(25-9-3-2-4-10-25)26-14-13-21-7-5-6-8-23(21)17-26/h2-18,20H,19,32H2,1H3,(H2,33,34)/t20-/m0/s1. The lowest BCUT2D eigenvalue weighted by Gasteiger charge is -2.32. The Morgan fingerprint density at radius 1 is 0.795 bits per heavy atom. The van der Waals surface area contributed by atoms with Crippen molar-refractivity contribution >= 4 is 56.5 Å². The third-order valence-corrected chi connectivity index (χ3v) is 6.68. The van der Waals surface area contributed by atoms with E-state index in [2.05, 4.69) is 4.98 Å². The van der Waals surface area contributed by atoms with Crippen LogP contribution in [0.2, 0.25) is 0 Å². The van der Waals surface area contributed by atoms with Gasteiger partial charge in [-0.05, 0) is 65.5 Å². The Kier molecular flexibility index (Phi) is 7.03. The molecule has 4 N–H and O–H groups in total. The highest BCUT2D eigenvalue weighted by Crippen LogP contribution is 2.30. The molecule has 39 heavy (non-hydrogen) atoms. The minimum Gasteiger partial charge on any atom is -0.383 e. The van der Waals surface area contributed by atoms with Gasteiger partial charge in [0, 0.05) is 28.5 Å². The molecular weight excluding hydrogens is 490 g/mol. The average molecular weight is 518 g/mol. The molecule has 0 spiro atoms. The molecule has 0 unspecified atom stereocenters. The number of hydrogen-bond donors (Lipinski definition) is 2. The third kappa shape index (κ3) is 4.93. The SMILES string of the molecule is C[C@@H](C(=O)N(c1ccccc1)c1ccc2ccccc2c1)N(C(=O)CN)C(=O)c1ccc2ccnc(N)c2c1. The highest BCUT2D eigenvalue weighted by atomic mass is 16.2. The summed E-state index contributed by atoms with van der Waals surface area (Å²) in [4.78, 5) is 47.5. The topological polar surface area (TPSA) is 123 Å². The van der Waals surface area contributed by atoms with Crippen LogP contribution in [-0.4, -0.2) is 40.2 Å². The molecule has 0 saturated heterocycles. The number of para-hydroxylation sites is 1. The van der Waals surface area contributed by atoms with Crippen molar-refractivity contribution in [1.82, 2.24) is 9.88 Å². The summed E-state index contributed by atoms with van der Waals surface area (Å²) >= 11 is 0. The van der Waals surface area contributed by atoms with Gasteiger partial charge in [0.25, 0.3) is 11.8 Å². The van der Waals surface area contributed by atoms with E-state index >= 15 is 0 Å². The van der Waals surface area contributed by atoms with E-state index in [0.717, 1.165) is 21.1 Å². The average Bonchev–Trinajstić information content (AvgIpc) is 2.97. The van der Waals surface area contributed by atoms with E-state index in [-0.39, 0.29) is 11.4 Å². The minimum atomic E-state index is -1.16. The summed E-state index contributed by atoms with van der Waals surface area (Å²) < 4.78 is 0. The molecule has 5 aromatic rings. The number of nitrogens with two attached hydrogens (primary N) is 2. The first-order valence-electron chi connectivity index (χ1n) is 12.5. The van der Waals surface area contributed by atoms with E-state index in [0.29, 0.717) is 16.8 Å². The zero-order valence-electron chi connectivity index (χ0n) is 21.3. The van der Waals surface area contributed by atoms with Gasteiger partial charge in [-0.2, -0.15) is 0 Å². The normalized spacial score (nSPS) is 11.7. The summed E-state index contributed by atoms with van der Waals surface area (Å²) in [6.07, 6.45) is 1.58. The van der Waals surface area contributed by atoms with Gasteiger partial charge in [0.15, 0.2) is 0 Å². The lowest BCUT2D eigenvalue weighted by atomic mass is 10.1. The first kappa shape index (κ1) is 25.6. The summed E-state index contributed by atoms with van der Waals surface area (Å²) in [6.45, 7) is 1.09. The van der Waals surface area contributed by atoms with Crippen LogP contribution in [0.15, 0.2) is 103 Å². The zero-order chi connectivity index (χ0) is 27.5. The zero-order valence-corrected chi connectivity index (χ0v) is 21.3. The lowest BCUT2D eigenvalue weighted by Crippen LogP contribution is -2.52. The number of rotatable bonds is 6. The number of imide groups is 1. The Morgan fingerprint density at radius 2 is 1.49 bits per heavy atom. The number of fused-ring (bicyclic) bond motifs is 2. The third-order valence-electron chi connectivity index (χ3n) is 6.68. The number of carbonyl (C=O) groups is 3. The molecular formula is C31H27N5O3. The van der Waals surface area contributed by atoms with Crippen LogP contribution in [0.25, 0.3) is 21.5 Å². The quantitative estimate of drug-likeness (QED) is 0.338. The van der Waals surface area contributed by atoms with Crippen LogP contribution in [0, 0.1) is 0 Å². The first-order chi connectivity index (χ1) is 18.9. The number of nitrogens with zero attached hydrogens (tertiary/aromatic N) is 3. The van der Waals surface area contributed by atoms with Crippen molar-refractivity contribution in [2.45, 2.75) is 13.0 Å². The second-order valence-corrected chi connectivity index (χ2v) is 9.12. The molecule has 4 aromatic carbocycles. The molecule has 8 nitrogen and oxygen atoms in total. The molecule has 0 aliphatic heterocycles. The molecule has 0 aliphatic carbocycles. The molecule has 8 heteroatoms. The van der Waals surface area contributed by atoms with Gasteiger partial charge >= 0.3 is 0 Å². The van der Waals surface area contributed by atoms with E-state index < -0.39 is 30.3 Å². The molecule has 3 amide bonds. The first-order valence-corrected chi connectivity index (χ1v) is 12.5. The lowest BCUT2D eigenvalue weighted by molar-refractivity contribution is -0.134. The number of amides is 3. The van der Waals surface area contributed by atoms with E-state index in [9.17, 15) is 14.4 Å². The predicted octanol–water partition coefficient (Wildman–Crippen LogP) is 4.65. The Balaban J connectivity index is 1.57. The number of pyridine rings is 1. The Bertz CT molecular complexity index is 1700. The van der Waals surface area contributed by atoms with Crippen LogP contribution < -0.4 is 16.4 Å². The Labute approximate surface area is 225 Å². The predicted molar refractivity (Wildman–Crippen MR) is 153 cm³/mol. The van der Waals surface area contributed by atoms with Crippen LogP contribution in [0.3, 0.4) is 0 Å². The van der Waals surface area contributed by atoms with Crippen molar-refractivity contribution < 1.29 is 14.4 Å². The maximum atomic E-state index is 14.2. The van der Waals surface area contributed by atoms with Gasteiger partial charge in [-0.3, -0.25) is 24.2 Å². The fourth-order valence-corrected chi connectivity index (χ4v) is 4.66. The van der Waals surface area contributed by atoms with Gasteiger partial charge in [-0.15, -0.1) is 0 Å². The van der Waals surface area contributed by atoms with Gasteiger partial charge in [-0.25, -0.2) is 4.98 Å². The van der Waals surface area contributed by atoms with Crippen LogP contribution >= 0.6 is 0 Å². The second-order valence-electron chi connectivity index (χ2n) is 9.12. The number of aromatic nitrogens is 1. The highest BCUT2D eigenvalue weighted by Gasteiger charge is 2.35. The summed E-state index contributed by atoms with van der Waals surface area (Å²) in [5.41, 5.74) is 13.1. The number of nitrogen functional groups attached to an aromatic ring is 1. The minimum absolute atomic E-state index is 0.195. The van der Waals surface area contributed by atoms with Crippen molar-refractivity contribution in [1.29, 1.82) is 0 Å². The Morgan fingerprint density at radius 3 is 2.23 bits per heavy atom. The fourth-order valence-electron chi connectivity index (χ4n) is 4.66. The fraction of sp³-hybridized carbons (Fsp3) is 0.0968. The maximum absolute atomic E-state index is 14.2. The van der Waals surface area contributed by atoms with E-state index in [1.807, 2.05) is 60.7 Å². The molecule has 1 atom stereocenters. The molecule has 0 aliphatic rings. The van der Waals surface area contributed by atoms with Crippen molar-refractivity contribution in [2.24, 2.45) is 5.73 Å². The number of anilines is 3. The van der Waals surface area contributed by atoms with E-state index in [4.69, 9.17) is 11.5 Å². The second kappa shape index (κ2) is 10.7. The van der Waals surface area contributed by atoms with Gasteiger partial charge in [0.2, 0.25) is 5.91 Å². The molecule has 194 valence electrons. The number of benzene rings is 4. The molecule has 5 rings (SSSR count). The smallest absolute Gasteiger partial charge is 0.261 e. The van der Waals surface area contributed by atoms with Gasteiger partial charge in [0.1, 0.15) is 11.9 Å². The molecule has 1 aromatic heterocycles. The van der Waals surface area contributed by atoms with Crippen LogP contribution in [0.5, 0.6) is 0 Å². The molecule has 0 saturated carbocycles. The molecule has 0 radical (unpaired) electrons. The van der Waals surface area contributed by atoms with Crippen molar-refractivity contribution in [3.05, 3.63) is 109 Å². The summed E-state index contributed by atoms with van der Waals surface area (Å²) in [5, 5.41) is 3.34. The Hall–Kier alpha value is -5.08. The van der Waals surface area contributed by atoms with Crippen molar-refractivity contribution in [3.8, 4) is 0 Å². The van der Waals surface area contributed by atoms with E-state index in [1.54, 1.807) is 42.6 Å². The molecule has 0 bridgehead atoms. The summed E-state index contributed by atoms with van der Waals surface area (Å²) in [6, 6.07) is 28.1. The maximum Gasteiger partial charge on any atom is 0.261 e. The van der Waals surface area contributed by atoms with Crippen molar-refractivity contribution in [3.63, 3.8) is 0 Å². The molecule has 1 heterocycles. The van der Waals surface area contributed by atoms with E-state index in [1.165, 1.54) is 11.8 Å². The number of hydrogen-bond acceptors (Lipinski definition) is 6. The highest BCUT2D eigenvalue weighted by molar-refractivity contribution is 6.13. The molecule has 0 fully saturated rings. The largest absolute Gasteiger partial charge is 0.383 e. The van der Waals surface area contributed by atoms with Crippen LogP contribution in [-0.2, 0) is 9.59 Å². The monoisotopic (exact) mass is 517 g/mol. The van der Waals surface area contributed by atoms with Gasteiger partial charge in [0.05, 0.1) is 6.54 Å².